The maximum Gasteiger partial charge on any atom is 0.312 e. The van der Waals surface area contributed by atoms with Gasteiger partial charge in [0.15, 0.2) is 0 Å². The van der Waals surface area contributed by atoms with E-state index in [0.29, 0.717) is 25.2 Å². The number of hydrogen-bond donors (Lipinski definition) is 1. The molecule has 6 nitrogen and oxygen atoms in total. The Kier molecular flexibility index (Phi) is 6.17. The highest BCUT2D eigenvalue weighted by atomic mass is 16.2. The van der Waals surface area contributed by atoms with Crippen LogP contribution in [0.5, 0.6) is 0 Å². The Morgan fingerprint density at radius 2 is 1.72 bits per heavy atom. The minimum absolute atomic E-state index is 0.0295. The zero-order chi connectivity index (χ0) is 18.6. The molecule has 1 aromatic rings. The topological polar surface area (TPSA) is 69.7 Å². The second-order valence-corrected chi connectivity index (χ2v) is 6.80. The van der Waals surface area contributed by atoms with E-state index in [4.69, 9.17) is 0 Å². The van der Waals surface area contributed by atoms with Crippen molar-refractivity contribution in [2.75, 3.05) is 13.1 Å². The molecule has 1 aromatic carbocycles. The summed E-state index contributed by atoms with van der Waals surface area (Å²) in [5, 5.41) is 2.92. The van der Waals surface area contributed by atoms with Crippen LogP contribution >= 0.6 is 0 Å². The van der Waals surface area contributed by atoms with E-state index in [0.717, 1.165) is 12.0 Å². The van der Waals surface area contributed by atoms with Crippen LogP contribution in [-0.4, -0.2) is 52.7 Å². The average Bonchev–Trinajstić information content (AvgIpc) is 2.59. The second kappa shape index (κ2) is 8.14. The number of piperazine rings is 1. The van der Waals surface area contributed by atoms with Gasteiger partial charge in [-0.05, 0) is 44.9 Å². The molecule has 0 unspecified atom stereocenters. The Labute approximate surface area is 149 Å². The third-order valence-electron chi connectivity index (χ3n) is 4.54. The third kappa shape index (κ3) is 4.59. The van der Waals surface area contributed by atoms with E-state index in [9.17, 15) is 14.4 Å². The van der Waals surface area contributed by atoms with E-state index in [1.807, 2.05) is 39.8 Å². The third-order valence-corrected chi connectivity index (χ3v) is 4.54. The summed E-state index contributed by atoms with van der Waals surface area (Å²) < 4.78 is 0. The fourth-order valence-corrected chi connectivity index (χ4v) is 2.72. The summed E-state index contributed by atoms with van der Waals surface area (Å²) in [5.74, 6) is -0.998. The van der Waals surface area contributed by atoms with Crippen LogP contribution < -0.4 is 5.32 Å². The van der Waals surface area contributed by atoms with Gasteiger partial charge in [0.25, 0.3) is 5.91 Å². The lowest BCUT2D eigenvalue weighted by molar-refractivity contribution is -0.157. The monoisotopic (exact) mass is 345 g/mol. The lowest BCUT2D eigenvalue weighted by atomic mass is 10.1. The molecule has 1 N–H and O–H groups in total. The van der Waals surface area contributed by atoms with Gasteiger partial charge in [0.1, 0.15) is 0 Å². The van der Waals surface area contributed by atoms with E-state index in [-0.39, 0.29) is 18.0 Å². The number of carbonyl (C=O) groups excluding carboxylic acids is 3. The lowest BCUT2D eigenvalue weighted by Crippen LogP contribution is -2.55. The van der Waals surface area contributed by atoms with E-state index >= 15 is 0 Å². The van der Waals surface area contributed by atoms with Crippen molar-refractivity contribution in [1.29, 1.82) is 0 Å². The molecule has 1 saturated heterocycles. The van der Waals surface area contributed by atoms with Gasteiger partial charge in [-0.2, -0.15) is 0 Å². The quantitative estimate of drug-likeness (QED) is 0.799. The summed E-state index contributed by atoms with van der Waals surface area (Å²) in [6.45, 7) is 9.26. The maximum atomic E-state index is 12.2. The molecule has 0 bridgehead atoms. The van der Waals surface area contributed by atoms with Gasteiger partial charge >= 0.3 is 11.8 Å². The number of carbonyl (C=O) groups is 3. The molecule has 0 spiro atoms. The Morgan fingerprint density at radius 3 is 2.28 bits per heavy atom. The SMILES string of the molecule is CC[C@H](C)NC(=O)c1ccc(CN2CCN(C(C)C)C(=O)C2=O)cc1. The summed E-state index contributed by atoms with van der Waals surface area (Å²) in [7, 11) is 0. The predicted octanol–water partition coefficient (Wildman–Crippen LogP) is 1.79. The van der Waals surface area contributed by atoms with Gasteiger partial charge in [0.05, 0.1) is 0 Å². The predicted molar refractivity (Wildman–Crippen MR) is 95.9 cm³/mol. The number of benzene rings is 1. The molecule has 25 heavy (non-hydrogen) atoms. The fraction of sp³-hybridized carbons (Fsp3) is 0.526. The van der Waals surface area contributed by atoms with Crippen molar-refractivity contribution in [3.63, 3.8) is 0 Å². The molecule has 0 radical (unpaired) electrons. The van der Waals surface area contributed by atoms with Crippen LogP contribution in [0.2, 0.25) is 0 Å². The van der Waals surface area contributed by atoms with Gasteiger partial charge in [-0.25, -0.2) is 0 Å². The largest absolute Gasteiger partial charge is 0.350 e. The second-order valence-electron chi connectivity index (χ2n) is 6.80. The molecule has 6 heteroatoms. The van der Waals surface area contributed by atoms with Gasteiger partial charge in [-0.1, -0.05) is 19.1 Å². The number of hydrogen-bond acceptors (Lipinski definition) is 3. The number of amides is 3. The summed E-state index contributed by atoms with van der Waals surface area (Å²) in [6, 6.07) is 7.33. The number of nitrogens with zero attached hydrogens (tertiary/aromatic N) is 2. The molecule has 1 fully saturated rings. The zero-order valence-corrected chi connectivity index (χ0v) is 15.4. The van der Waals surface area contributed by atoms with Gasteiger partial charge in [0, 0.05) is 37.3 Å². The smallest absolute Gasteiger partial charge is 0.312 e. The van der Waals surface area contributed by atoms with Crippen molar-refractivity contribution in [3.8, 4) is 0 Å². The van der Waals surface area contributed by atoms with Gasteiger partial charge in [-0.3, -0.25) is 14.4 Å². The first-order chi connectivity index (χ1) is 11.8. The van der Waals surface area contributed by atoms with E-state index in [2.05, 4.69) is 5.32 Å². The fourth-order valence-electron chi connectivity index (χ4n) is 2.72. The Bertz CT molecular complexity index is 640. The molecule has 3 amide bonds. The molecule has 0 aromatic heterocycles. The van der Waals surface area contributed by atoms with Crippen molar-refractivity contribution in [1.82, 2.24) is 15.1 Å². The molecule has 0 aliphatic carbocycles. The van der Waals surface area contributed by atoms with Crippen LogP contribution in [0.4, 0.5) is 0 Å². The molecule has 0 saturated carbocycles. The maximum absolute atomic E-state index is 12.2. The van der Waals surface area contributed by atoms with Crippen molar-refractivity contribution in [2.45, 2.75) is 52.7 Å². The normalized spacial score (nSPS) is 16.4. The van der Waals surface area contributed by atoms with E-state index in [1.165, 1.54) is 0 Å². The van der Waals surface area contributed by atoms with Crippen LogP contribution in [-0.2, 0) is 16.1 Å². The van der Waals surface area contributed by atoms with Crippen LogP contribution in [0.3, 0.4) is 0 Å². The first-order valence-electron chi connectivity index (χ1n) is 8.83. The van der Waals surface area contributed by atoms with Gasteiger partial charge in [0.2, 0.25) is 0 Å². The highest BCUT2D eigenvalue weighted by Crippen LogP contribution is 2.14. The lowest BCUT2D eigenvalue weighted by Gasteiger charge is -2.36. The molecule has 2 rings (SSSR count). The van der Waals surface area contributed by atoms with Gasteiger partial charge in [-0.15, -0.1) is 0 Å². The summed E-state index contributed by atoms with van der Waals surface area (Å²) >= 11 is 0. The van der Waals surface area contributed by atoms with Crippen molar-refractivity contribution in [2.24, 2.45) is 0 Å². The highest BCUT2D eigenvalue weighted by molar-refractivity contribution is 6.35. The van der Waals surface area contributed by atoms with E-state index < -0.39 is 11.8 Å². The van der Waals surface area contributed by atoms with Crippen molar-refractivity contribution < 1.29 is 14.4 Å². The minimum atomic E-state index is -0.460. The minimum Gasteiger partial charge on any atom is -0.350 e. The molecular weight excluding hydrogens is 318 g/mol. The van der Waals surface area contributed by atoms with Crippen molar-refractivity contribution in [3.05, 3.63) is 35.4 Å². The molecular formula is C19H27N3O3. The molecule has 1 heterocycles. The zero-order valence-electron chi connectivity index (χ0n) is 15.4. The Hall–Kier alpha value is -2.37. The van der Waals surface area contributed by atoms with Gasteiger partial charge < -0.3 is 15.1 Å². The number of rotatable bonds is 6. The molecule has 136 valence electrons. The van der Waals surface area contributed by atoms with Crippen LogP contribution in [0, 0.1) is 0 Å². The van der Waals surface area contributed by atoms with E-state index in [1.54, 1.807) is 21.9 Å². The summed E-state index contributed by atoms with van der Waals surface area (Å²) in [6.07, 6.45) is 0.877. The first-order valence-corrected chi connectivity index (χ1v) is 8.83. The summed E-state index contributed by atoms with van der Waals surface area (Å²) in [4.78, 5) is 39.6. The van der Waals surface area contributed by atoms with Crippen LogP contribution in [0.15, 0.2) is 24.3 Å². The van der Waals surface area contributed by atoms with Crippen LogP contribution in [0.25, 0.3) is 0 Å². The molecule has 1 aliphatic heterocycles. The van der Waals surface area contributed by atoms with Crippen LogP contribution in [0.1, 0.15) is 50.0 Å². The highest BCUT2D eigenvalue weighted by Gasteiger charge is 2.33. The number of nitrogens with one attached hydrogen (secondary N) is 1. The molecule has 1 atom stereocenters. The standard InChI is InChI=1S/C19H27N3O3/c1-5-14(4)20-17(23)16-8-6-15(7-9-16)12-21-10-11-22(13(2)3)19(25)18(21)24/h6-9,13-14H,5,10-12H2,1-4H3,(H,20,23)/t14-/m0/s1. The Morgan fingerprint density at radius 1 is 1.08 bits per heavy atom. The first kappa shape index (κ1) is 19.0. The van der Waals surface area contributed by atoms with Crippen molar-refractivity contribution >= 4 is 17.7 Å². The summed E-state index contributed by atoms with van der Waals surface area (Å²) in [5.41, 5.74) is 1.50. The molecule has 1 aliphatic rings. The average molecular weight is 345 g/mol. The Balaban J connectivity index is 1.99.